The Kier molecular flexibility index (Phi) is 15.0. The van der Waals surface area contributed by atoms with E-state index in [0.29, 0.717) is 44.1 Å². The molecule has 6 fully saturated rings. The lowest BCUT2D eigenvalue weighted by Crippen LogP contribution is -2.63. The largest absolute Gasteiger partial charge is 0.481 e. The number of aliphatic hydroxyl groups excluding tert-OH is 2. The number of methoxy groups -OCH3 is 1. The summed E-state index contributed by atoms with van der Waals surface area (Å²) in [5.74, 6) is -7.01. The summed E-state index contributed by atoms with van der Waals surface area (Å²) in [5.41, 5.74) is -0.326. The van der Waals surface area contributed by atoms with E-state index >= 15 is 0 Å². The maximum absolute atomic E-state index is 13.4. The van der Waals surface area contributed by atoms with E-state index in [4.69, 9.17) is 37.9 Å². The average Bonchev–Trinajstić information content (AvgIpc) is 3.71. The molecule has 0 aliphatic carbocycles. The summed E-state index contributed by atoms with van der Waals surface area (Å²) in [4.78, 5) is 24.8. The molecule has 0 aromatic heterocycles. The number of ketones is 1. The molecule has 6 aliphatic rings. The number of carboxylic acids is 1. The Labute approximate surface area is 363 Å². The van der Waals surface area contributed by atoms with Crippen LogP contribution >= 0.6 is 0 Å². The summed E-state index contributed by atoms with van der Waals surface area (Å²) in [6, 6.07) is 0. The molecule has 61 heavy (non-hydrogen) atoms. The number of carbonyl (C=O) groups excluding carboxylic acids is 1. The Morgan fingerprint density at radius 2 is 1.61 bits per heavy atom. The molecule has 6 aliphatic heterocycles. The van der Waals surface area contributed by atoms with Crippen molar-refractivity contribution in [1.82, 2.24) is 0 Å². The molecular formula is C47H78O14. The van der Waals surface area contributed by atoms with Crippen molar-refractivity contribution in [3.8, 4) is 0 Å². The molecule has 14 nitrogen and oxygen atoms in total. The number of hydrogen-bond donors (Lipinski definition) is 4. The molecule has 0 aromatic rings. The van der Waals surface area contributed by atoms with Gasteiger partial charge in [-0.05, 0) is 64.4 Å². The van der Waals surface area contributed by atoms with Crippen LogP contribution in [0, 0.1) is 47.3 Å². The van der Waals surface area contributed by atoms with E-state index in [1.807, 2.05) is 33.8 Å². The highest BCUT2D eigenvalue weighted by Gasteiger charge is 2.65. The predicted octanol–water partition coefficient (Wildman–Crippen LogP) is 6.15. The minimum Gasteiger partial charge on any atom is -0.481 e. The van der Waals surface area contributed by atoms with Gasteiger partial charge >= 0.3 is 5.97 Å². The van der Waals surface area contributed by atoms with Crippen molar-refractivity contribution >= 4 is 11.8 Å². The normalized spacial score (nSPS) is 48.6. The molecule has 6 heterocycles. The maximum atomic E-state index is 13.4. The molecule has 2 spiro atoms. The third-order valence-electron chi connectivity index (χ3n) is 15.9. The molecule has 0 amide bonds. The van der Waals surface area contributed by atoms with Crippen molar-refractivity contribution in [2.75, 3.05) is 13.7 Å². The molecule has 6 saturated heterocycles. The summed E-state index contributed by atoms with van der Waals surface area (Å²) in [7, 11) is 1.70. The highest BCUT2D eigenvalue weighted by atomic mass is 16.8. The molecule has 14 heteroatoms. The lowest BCUT2D eigenvalue weighted by Gasteiger charge is -2.54. The Morgan fingerprint density at radius 3 is 2.25 bits per heavy atom. The molecule has 4 N–H and O–H groups in total. The number of aliphatic carboxylic acids is 1. The summed E-state index contributed by atoms with van der Waals surface area (Å²) in [6.45, 7) is 20.9. The predicted molar refractivity (Wildman–Crippen MR) is 224 cm³/mol. The van der Waals surface area contributed by atoms with Crippen LogP contribution < -0.4 is 0 Å². The van der Waals surface area contributed by atoms with Gasteiger partial charge in [-0.1, -0.05) is 61.5 Å². The monoisotopic (exact) mass is 867 g/mol. The number of rotatable bonds is 13. The summed E-state index contributed by atoms with van der Waals surface area (Å²) >= 11 is 0. The van der Waals surface area contributed by atoms with Crippen LogP contribution in [-0.2, 0) is 47.5 Å². The molecule has 0 unspecified atom stereocenters. The van der Waals surface area contributed by atoms with E-state index in [1.54, 1.807) is 27.9 Å². The number of carboxylic acid groups (broad SMARTS) is 1. The number of hydrogen-bond acceptors (Lipinski definition) is 13. The third kappa shape index (κ3) is 9.71. The Morgan fingerprint density at radius 1 is 0.902 bits per heavy atom. The van der Waals surface area contributed by atoms with Crippen molar-refractivity contribution in [2.45, 2.75) is 212 Å². The number of Topliss-reactive ketones (excluding diaryl/α,β-unsaturated/α-hetero) is 1. The van der Waals surface area contributed by atoms with Gasteiger partial charge in [-0.2, -0.15) is 0 Å². The van der Waals surface area contributed by atoms with Gasteiger partial charge in [-0.3, -0.25) is 9.59 Å². The average molecular weight is 867 g/mol. The summed E-state index contributed by atoms with van der Waals surface area (Å²) < 4.78 is 53.9. The van der Waals surface area contributed by atoms with Crippen molar-refractivity contribution in [3.63, 3.8) is 0 Å². The zero-order valence-electron chi connectivity index (χ0n) is 38.8. The van der Waals surface area contributed by atoms with Crippen LogP contribution in [0.15, 0.2) is 11.6 Å². The molecule has 0 bridgehead atoms. The van der Waals surface area contributed by atoms with Crippen molar-refractivity contribution in [1.29, 1.82) is 0 Å². The lowest BCUT2D eigenvalue weighted by atomic mass is 9.76. The van der Waals surface area contributed by atoms with Crippen molar-refractivity contribution in [2.24, 2.45) is 47.3 Å². The fourth-order valence-corrected chi connectivity index (χ4v) is 11.8. The van der Waals surface area contributed by atoms with E-state index in [-0.39, 0.29) is 72.4 Å². The van der Waals surface area contributed by atoms with Crippen LogP contribution in [0.25, 0.3) is 0 Å². The van der Waals surface area contributed by atoms with E-state index in [9.17, 15) is 30.0 Å². The van der Waals surface area contributed by atoms with Crippen molar-refractivity contribution < 1.29 is 67.9 Å². The van der Waals surface area contributed by atoms with E-state index < -0.39 is 84.2 Å². The number of aliphatic hydroxyl groups is 3. The zero-order valence-corrected chi connectivity index (χ0v) is 38.8. The molecule has 21 atom stereocenters. The van der Waals surface area contributed by atoms with Gasteiger partial charge in [0.2, 0.25) is 0 Å². The van der Waals surface area contributed by atoms with E-state index in [0.717, 1.165) is 6.42 Å². The van der Waals surface area contributed by atoms with Crippen LogP contribution in [-0.4, -0.2) is 124 Å². The van der Waals surface area contributed by atoms with Gasteiger partial charge in [0, 0.05) is 68.3 Å². The Hall–Kier alpha value is -1.56. The second-order valence-electron chi connectivity index (χ2n) is 20.6. The van der Waals surface area contributed by atoms with Crippen LogP contribution in [0.5, 0.6) is 0 Å². The summed E-state index contributed by atoms with van der Waals surface area (Å²) in [5, 5.41) is 42.5. The van der Waals surface area contributed by atoms with Crippen LogP contribution in [0.2, 0.25) is 0 Å². The molecule has 6 rings (SSSR count). The first-order valence-electron chi connectivity index (χ1n) is 23.2. The smallest absolute Gasteiger partial charge is 0.306 e. The highest BCUT2D eigenvalue weighted by molar-refractivity contribution is 5.96. The highest BCUT2D eigenvalue weighted by Crippen LogP contribution is 2.56. The number of allylic oxidation sites excluding steroid dienone is 1. The van der Waals surface area contributed by atoms with Gasteiger partial charge < -0.3 is 58.3 Å². The van der Waals surface area contributed by atoms with Gasteiger partial charge in [-0.15, -0.1) is 0 Å². The van der Waals surface area contributed by atoms with E-state index in [2.05, 4.69) is 27.7 Å². The first-order chi connectivity index (χ1) is 28.5. The minimum atomic E-state index is -1.66. The van der Waals surface area contributed by atoms with Crippen molar-refractivity contribution in [3.05, 3.63) is 11.6 Å². The van der Waals surface area contributed by atoms with Gasteiger partial charge in [-0.25, -0.2) is 0 Å². The third-order valence-corrected chi connectivity index (χ3v) is 15.9. The number of ether oxygens (including phenoxy) is 8. The van der Waals surface area contributed by atoms with Crippen LogP contribution in [0.1, 0.15) is 134 Å². The lowest BCUT2D eigenvalue weighted by molar-refractivity contribution is -0.390. The van der Waals surface area contributed by atoms with Crippen LogP contribution in [0.4, 0.5) is 0 Å². The Balaban J connectivity index is 1.24. The fourth-order valence-electron chi connectivity index (χ4n) is 11.8. The molecule has 350 valence electrons. The first kappa shape index (κ1) is 48.9. The Bertz CT molecular complexity index is 1570. The van der Waals surface area contributed by atoms with Gasteiger partial charge in [0.25, 0.3) is 0 Å². The van der Waals surface area contributed by atoms with E-state index in [1.165, 1.54) is 0 Å². The zero-order chi connectivity index (χ0) is 45.0. The fraction of sp³-hybridized carbons (Fsp3) is 0.915. The summed E-state index contributed by atoms with van der Waals surface area (Å²) in [6.07, 6.45) is 3.25. The SMILES string of the molecule is CO[C@@H]1CC[C@@H](O[C@H]2C[C@H]([C@]3(C)CC[C@]4(C[C@H](O)[C@@H](C)[C@@H]([C@@H](C)C=C(C)C(=O)[C@H](C)C[C@H](C)C(=O)O)O4)O3)O[C@]3(O[C@@H]([C@H]4O[C@@](O)(CO)[C@H](C)C[C@@H]4C)C[C@@H]3C)[C@@H]2C)O[C@H]1C. The molecule has 0 saturated carbocycles. The second-order valence-corrected chi connectivity index (χ2v) is 20.6. The first-order valence-corrected chi connectivity index (χ1v) is 23.2. The quantitative estimate of drug-likeness (QED) is 0.154. The maximum Gasteiger partial charge on any atom is 0.306 e. The number of carbonyl (C=O) groups is 2. The second kappa shape index (κ2) is 18.7. The topological polar surface area (TPSA) is 189 Å². The van der Waals surface area contributed by atoms with Crippen LogP contribution in [0.3, 0.4) is 0 Å². The minimum absolute atomic E-state index is 0.0130. The van der Waals surface area contributed by atoms with Gasteiger partial charge in [0.1, 0.15) is 0 Å². The standard InChI is InChI=1S/C47H78O14/c1-24(40(50)25(2)18-28(5)43(51)52)17-26(3)41-31(8)34(49)22-45(59-41)16-15-44(11,61-45)38-21-36(56-39-14-13-35(54-12)33(10)55-39)32(9)47(58-38)30(7)20-37(57-47)42-27(4)19-29(6)46(53,23-48)60-42/h17,25-39,41-42,48-49,53H,13-16,18-23H2,1-12H3,(H,51,52)/t25-,26+,27+,28+,29-,30+,31-,32-,33+,34+,35-,36+,37-,38-,39-,41-,42+,44+,45-,46+,47+/m1/s1. The molecule has 0 radical (unpaired) electrons. The molecular weight excluding hydrogens is 789 g/mol. The molecule has 0 aromatic carbocycles. The van der Waals surface area contributed by atoms with Gasteiger partial charge in [0.05, 0.1) is 67.0 Å². The van der Waals surface area contributed by atoms with Gasteiger partial charge in [0.15, 0.2) is 29.4 Å².